The van der Waals surface area contributed by atoms with E-state index in [0.717, 1.165) is 18.8 Å². The minimum atomic E-state index is -0.311. The minimum Gasteiger partial charge on any atom is -0.372 e. The van der Waals surface area contributed by atoms with E-state index >= 15 is 0 Å². The maximum atomic E-state index is 11.9. The first-order chi connectivity index (χ1) is 7.06. The molecule has 0 aromatic rings. The summed E-state index contributed by atoms with van der Waals surface area (Å²) in [7, 11) is 3.48. The molecule has 1 unspecified atom stereocenters. The number of nitrogens with zero attached hydrogens (tertiary/aromatic N) is 1. The highest BCUT2D eigenvalue weighted by Gasteiger charge is 2.27. The molecule has 0 heterocycles. The summed E-state index contributed by atoms with van der Waals surface area (Å²) in [5, 5.41) is 0. The van der Waals surface area contributed by atoms with Crippen molar-refractivity contribution in [1.82, 2.24) is 4.90 Å². The third-order valence-corrected chi connectivity index (χ3v) is 3.58. The Balaban J connectivity index is 2.46. The van der Waals surface area contributed by atoms with Crippen molar-refractivity contribution in [2.45, 2.75) is 51.7 Å². The molecular formula is C12H23NO2. The average Bonchev–Trinajstić information content (AvgIpc) is 2.27. The van der Waals surface area contributed by atoms with Crippen molar-refractivity contribution in [2.75, 3.05) is 14.2 Å². The van der Waals surface area contributed by atoms with Crippen LogP contribution in [0, 0.1) is 5.92 Å². The number of carbonyl (C=O) groups is 1. The second kappa shape index (κ2) is 5.50. The van der Waals surface area contributed by atoms with Crippen molar-refractivity contribution in [3.05, 3.63) is 0 Å². The lowest BCUT2D eigenvalue weighted by Crippen LogP contribution is -2.44. The molecule has 0 aromatic carbocycles. The predicted molar refractivity (Wildman–Crippen MR) is 60.7 cm³/mol. The third kappa shape index (κ3) is 3.20. The monoisotopic (exact) mass is 213 g/mol. The third-order valence-electron chi connectivity index (χ3n) is 3.58. The van der Waals surface area contributed by atoms with Crippen LogP contribution < -0.4 is 0 Å². The number of hydrogen-bond donors (Lipinski definition) is 0. The molecule has 1 fully saturated rings. The van der Waals surface area contributed by atoms with Crippen molar-refractivity contribution in [3.8, 4) is 0 Å². The molecule has 1 rings (SSSR count). The zero-order valence-corrected chi connectivity index (χ0v) is 10.3. The Morgan fingerprint density at radius 2 is 1.87 bits per heavy atom. The normalized spacial score (nSPS) is 28.5. The van der Waals surface area contributed by atoms with Crippen molar-refractivity contribution >= 4 is 5.91 Å². The Labute approximate surface area is 92.8 Å². The molecule has 1 aliphatic carbocycles. The second-order valence-corrected chi connectivity index (χ2v) is 4.74. The van der Waals surface area contributed by atoms with Crippen molar-refractivity contribution in [2.24, 2.45) is 5.92 Å². The molecule has 0 aromatic heterocycles. The summed E-state index contributed by atoms with van der Waals surface area (Å²) in [5.41, 5.74) is 0. The molecule has 0 bridgehead atoms. The number of amides is 1. The quantitative estimate of drug-likeness (QED) is 0.718. The summed E-state index contributed by atoms with van der Waals surface area (Å²) in [4.78, 5) is 13.7. The molecule has 3 heteroatoms. The van der Waals surface area contributed by atoms with Crippen LogP contribution in [0.5, 0.6) is 0 Å². The molecule has 1 atom stereocenters. The molecule has 0 saturated heterocycles. The minimum absolute atomic E-state index is 0.108. The lowest BCUT2D eigenvalue weighted by Gasteiger charge is -2.34. The van der Waals surface area contributed by atoms with Gasteiger partial charge in [0.1, 0.15) is 6.10 Å². The van der Waals surface area contributed by atoms with Gasteiger partial charge in [-0.1, -0.05) is 6.92 Å². The fourth-order valence-electron chi connectivity index (χ4n) is 2.20. The number of likely N-dealkylation sites (N-methyl/N-ethyl adjacent to an activating group) is 1. The zero-order chi connectivity index (χ0) is 11.4. The Hall–Kier alpha value is -0.570. The molecular weight excluding hydrogens is 190 g/mol. The zero-order valence-electron chi connectivity index (χ0n) is 10.3. The molecule has 88 valence electrons. The highest BCUT2D eigenvalue weighted by molar-refractivity contribution is 5.80. The number of rotatable bonds is 3. The van der Waals surface area contributed by atoms with Gasteiger partial charge < -0.3 is 9.64 Å². The van der Waals surface area contributed by atoms with E-state index in [1.165, 1.54) is 12.8 Å². The fraction of sp³-hybridized carbons (Fsp3) is 0.917. The first-order valence-electron chi connectivity index (χ1n) is 5.85. The van der Waals surface area contributed by atoms with Crippen molar-refractivity contribution < 1.29 is 9.53 Å². The summed E-state index contributed by atoms with van der Waals surface area (Å²) in [6.45, 7) is 4.10. The highest BCUT2D eigenvalue weighted by atomic mass is 16.5. The van der Waals surface area contributed by atoms with Gasteiger partial charge in [0.2, 0.25) is 0 Å². The summed E-state index contributed by atoms with van der Waals surface area (Å²) >= 11 is 0. The van der Waals surface area contributed by atoms with Crippen LogP contribution in [-0.2, 0) is 9.53 Å². The van der Waals surface area contributed by atoms with E-state index < -0.39 is 0 Å². The van der Waals surface area contributed by atoms with E-state index in [0.29, 0.717) is 6.04 Å². The van der Waals surface area contributed by atoms with Crippen LogP contribution in [-0.4, -0.2) is 37.1 Å². The molecule has 0 aliphatic heterocycles. The lowest BCUT2D eigenvalue weighted by molar-refractivity contribution is -0.142. The van der Waals surface area contributed by atoms with E-state index in [1.807, 2.05) is 18.9 Å². The molecule has 0 radical (unpaired) electrons. The van der Waals surface area contributed by atoms with Gasteiger partial charge in [-0.15, -0.1) is 0 Å². The number of methoxy groups -OCH3 is 1. The molecule has 1 amide bonds. The second-order valence-electron chi connectivity index (χ2n) is 4.74. The first-order valence-corrected chi connectivity index (χ1v) is 5.85. The fourth-order valence-corrected chi connectivity index (χ4v) is 2.20. The van der Waals surface area contributed by atoms with E-state index in [-0.39, 0.29) is 12.0 Å². The average molecular weight is 213 g/mol. The van der Waals surface area contributed by atoms with E-state index in [9.17, 15) is 4.79 Å². The maximum Gasteiger partial charge on any atom is 0.251 e. The van der Waals surface area contributed by atoms with Crippen LogP contribution in [0.3, 0.4) is 0 Å². The van der Waals surface area contributed by atoms with Crippen LogP contribution in [0.2, 0.25) is 0 Å². The largest absolute Gasteiger partial charge is 0.372 e. The van der Waals surface area contributed by atoms with Gasteiger partial charge in [-0.2, -0.15) is 0 Å². The molecule has 1 aliphatic rings. The van der Waals surface area contributed by atoms with Crippen molar-refractivity contribution in [3.63, 3.8) is 0 Å². The van der Waals surface area contributed by atoms with Gasteiger partial charge in [0.15, 0.2) is 0 Å². The first kappa shape index (κ1) is 12.5. The predicted octanol–water partition coefficient (Wildman–Crippen LogP) is 2.06. The molecule has 15 heavy (non-hydrogen) atoms. The van der Waals surface area contributed by atoms with Gasteiger partial charge in [-0.25, -0.2) is 0 Å². The lowest BCUT2D eigenvalue weighted by atomic mass is 9.86. The van der Waals surface area contributed by atoms with Gasteiger partial charge in [0.25, 0.3) is 5.91 Å². The number of hydrogen-bond acceptors (Lipinski definition) is 2. The summed E-state index contributed by atoms with van der Waals surface area (Å²) < 4.78 is 5.05. The van der Waals surface area contributed by atoms with E-state index in [2.05, 4.69) is 6.92 Å². The maximum absolute atomic E-state index is 11.9. The van der Waals surface area contributed by atoms with Gasteiger partial charge in [0.05, 0.1) is 0 Å². The van der Waals surface area contributed by atoms with Crippen LogP contribution >= 0.6 is 0 Å². The van der Waals surface area contributed by atoms with E-state index in [4.69, 9.17) is 4.74 Å². The number of ether oxygens (including phenoxy) is 1. The Morgan fingerprint density at radius 1 is 1.33 bits per heavy atom. The molecule has 0 spiro atoms. The topological polar surface area (TPSA) is 29.5 Å². The summed E-state index contributed by atoms with van der Waals surface area (Å²) in [5.74, 6) is 0.932. The van der Waals surface area contributed by atoms with E-state index in [1.54, 1.807) is 7.11 Å². The molecule has 3 nitrogen and oxygen atoms in total. The molecule has 1 saturated carbocycles. The summed E-state index contributed by atoms with van der Waals surface area (Å²) in [6, 6.07) is 0.422. The molecule has 0 N–H and O–H groups in total. The Morgan fingerprint density at radius 3 is 2.33 bits per heavy atom. The van der Waals surface area contributed by atoms with Gasteiger partial charge in [-0.3, -0.25) is 4.79 Å². The Bertz CT molecular complexity index is 210. The summed E-state index contributed by atoms with van der Waals surface area (Å²) in [6.07, 6.45) is 4.45. The van der Waals surface area contributed by atoms with Crippen LogP contribution in [0.25, 0.3) is 0 Å². The number of carbonyl (C=O) groups excluding carboxylic acids is 1. The smallest absolute Gasteiger partial charge is 0.251 e. The highest BCUT2D eigenvalue weighted by Crippen LogP contribution is 2.26. The van der Waals surface area contributed by atoms with Gasteiger partial charge >= 0.3 is 0 Å². The van der Waals surface area contributed by atoms with Gasteiger partial charge in [-0.05, 0) is 38.5 Å². The van der Waals surface area contributed by atoms with Crippen molar-refractivity contribution in [1.29, 1.82) is 0 Å². The standard InChI is InChI=1S/C12H23NO2/c1-9-5-7-11(8-6-9)13(3)12(14)10(2)15-4/h9-11H,5-8H2,1-4H3. The van der Waals surface area contributed by atoms with Crippen LogP contribution in [0.15, 0.2) is 0 Å². The Kier molecular flexibility index (Phi) is 4.58. The SMILES string of the molecule is COC(C)C(=O)N(C)C1CCC(C)CC1. The van der Waals surface area contributed by atoms with Gasteiger partial charge in [0, 0.05) is 20.2 Å². The van der Waals surface area contributed by atoms with Crippen LogP contribution in [0.1, 0.15) is 39.5 Å². The van der Waals surface area contributed by atoms with Crippen LogP contribution in [0.4, 0.5) is 0 Å².